The van der Waals surface area contributed by atoms with Gasteiger partial charge < -0.3 is 9.47 Å². The lowest BCUT2D eigenvalue weighted by Crippen LogP contribution is -2.14. The van der Waals surface area contributed by atoms with E-state index in [9.17, 15) is 13.2 Å². The molecule has 1 rings (SSSR count). The van der Waals surface area contributed by atoms with E-state index in [1.54, 1.807) is 6.92 Å². The number of carbonyl (C=O) groups is 1. The van der Waals surface area contributed by atoms with Crippen LogP contribution in [0.1, 0.15) is 30.6 Å². The monoisotopic (exact) mass is 384 g/mol. The highest BCUT2D eigenvalue weighted by molar-refractivity contribution is 9.10. The molecule has 1 atom stereocenters. The molecular weight excluding hydrogens is 372 g/mol. The Hall–Kier alpha value is -0.790. The molecule has 20 heavy (non-hydrogen) atoms. The van der Waals surface area contributed by atoms with Crippen LogP contribution in [0.3, 0.4) is 0 Å². The first-order chi connectivity index (χ1) is 9.20. The summed E-state index contributed by atoms with van der Waals surface area (Å²) in [6, 6.07) is 2.56. The van der Waals surface area contributed by atoms with E-state index in [-0.39, 0.29) is 22.3 Å². The third kappa shape index (κ3) is 4.10. The number of benzene rings is 1. The highest BCUT2D eigenvalue weighted by Gasteiger charge is 2.23. The highest BCUT2D eigenvalue weighted by Crippen LogP contribution is 2.35. The second-order valence-corrected chi connectivity index (χ2v) is 7.44. The molecule has 0 aliphatic carbocycles. The summed E-state index contributed by atoms with van der Waals surface area (Å²) >= 11 is 3.15. The minimum atomic E-state index is -4.05. The molecule has 0 saturated heterocycles. The van der Waals surface area contributed by atoms with Crippen molar-refractivity contribution < 1.29 is 22.7 Å². The van der Waals surface area contributed by atoms with Crippen LogP contribution in [0.15, 0.2) is 21.5 Å². The van der Waals surface area contributed by atoms with E-state index in [0.29, 0.717) is 10.9 Å². The van der Waals surface area contributed by atoms with Crippen LogP contribution in [0.2, 0.25) is 0 Å². The van der Waals surface area contributed by atoms with Gasteiger partial charge in [0.25, 0.3) is 9.05 Å². The van der Waals surface area contributed by atoms with E-state index < -0.39 is 15.0 Å². The van der Waals surface area contributed by atoms with Crippen LogP contribution in [0, 0.1) is 0 Å². The van der Waals surface area contributed by atoms with Gasteiger partial charge >= 0.3 is 5.97 Å². The van der Waals surface area contributed by atoms with Gasteiger partial charge in [0.2, 0.25) is 0 Å². The quantitative estimate of drug-likeness (QED) is 0.574. The summed E-state index contributed by atoms with van der Waals surface area (Å²) in [5, 5.41) is 0. The molecule has 0 aliphatic rings. The van der Waals surface area contributed by atoms with Crippen LogP contribution in [0.4, 0.5) is 0 Å². The van der Waals surface area contributed by atoms with Crippen molar-refractivity contribution in [2.45, 2.75) is 31.3 Å². The minimum Gasteiger partial charge on any atom is -0.494 e. The lowest BCUT2D eigenvalue weighted by Gasteiger charge is -2.13. The number of methoxy groups -OCH3 is 1. The van der Waals surface area contributed by atoms with Crippen LogP contribution in [-0.2, 0) is 13.8 Å². The average molecular weight is 386 g/mol. The molecule has 1 aromatic rings. The molecular formula is C12H14BrClO5S. The maximum Gasteiger partial charge on any atom is 0.338 e. The van der Waals surface area contributed by atoms with Crippen molar-refractivity contribution in [1.82, 2.24) is 0 Å². The predicted octanol–water partition coefficient (Wildman–Crippen LogP) is 3.34. The fourth-order valence-electron chi connectivity index (χ4n) is 1.40. The van der Waals surface area contributed by atoms with Crippen molar-refractivity contribution in [3.8, 4) is 5.75 Å². The van der Waals surface area contributed by atoms with Gasteiger partial charge in [0.15, 0.2) is 5.75 Å². The number of ether oxygens (including phenoxy) is 2. The Kier molecular flexibility index (Phi) is 5.85. The topological polar surface area (TPSA) is 69.7 Å². The van der Waals surface area contributed by atoms with Gasteiger partial charge in [-0.3, -0.25) is 0 Å². The van der Waals surface area contributed by atoms with Crippen molar-refractivity contribution >= 4 is 41.6 Å². The van der Waals surface area contributed by atoms with E-state index in [1.807, 2.05) is 6.92 Å². The Morgan fingerprint density at radius 3 is 2.50 bits per heavy atom. The van der Waals surface area contributed by atoms with Gasteiger partial charge in [-0.15, -0.1) is 0 Å². The SMILES string of the molecule is CCC(C)OC(=O)c1cc(Br)c(OC)c(S(=O)(=O)Cl)c1. The summed E-state index contributed by atoms with van der Waals surface area (Å²) in [5.74, 6) is -0.579. The molecule has 0 radical (unpaired) electrons. The lowest BCUT2D eigenvalue weighted by atomic mass is 10.2. The molecule has 0 amide bonds. The Bertz CT molecular complexity index is 615. The molecule has 0 bridgehead atoms. The second-order valence-electron chi connectivity index (χ2n) is 4.05. The highest BCUT2D eigenvalue weighted by atomic mass is 79.9. The largest absolute Gasteiger partial charge is 0.494 e. The zero-order valence-corrected chi connectivity index (χ0v) is 14.3. The van der Waals surface area contributed by atoms with Crippen molar-refractivity contribution in [2.75, 3.05) is 7.11 Å². The van der Waals surface area contributed by atoms with Crippen LogP contribution in [-0.4, -0.2) is 27.6 Å². The summed E-state index contributed by atoms with van der Waals surface area (Å²) < 4.78 is 33.5. The summed E-state index contributed by atoms with van der Waals surface area (Å²) in [6.45, 7) is 3.62. The first-order valence-corrected chi connectivity index (χ1v) is 8.84. The van der Waals surface area contributed by atoms with Crippen molar-refractivity contribution in [3.63, 3.8) is 0 Å². The molecule has 0 spiro atoms. The van der Waals surface area contributed by atoms with Crippen LogP contribution >= 0.6 is 26.6 Å². The zero-order chi connectivity index (χ0) is 15.5. The molecule has 0 aliphatic heterocycles. The van der Waals surface area contributed by atoms with Crippen molar-refractivity contribution in [3.05, 3.63) is 22.2 Å². The fraction of sp³-hybridized carbons (Fsp3) is 0.417. The van der Waals surface area contributed by atoms with E-state index in [1.165, 1.54) is 13.2 Å². The van der Waals surface area contributed by atoms with Gasteiger partial charge in [0.1, 0.15) is 4.90 Å². The van der Waals surface area contributed by atoms with Gasteiger partial charge in [-0.05, 0) is 41.4 Å². The van der Waals surface area contributed by atoms with E-state index in [2.05, 4.69) is 15.9 Å². The third-order valence-corrected chi connectivity index (χ3v) is 4.51. The van der Waals surface area contributed by atoms with E-state index in [0.717, 1.165) is 6.07 Å². The van der Waals surface area contributed by atoms with Crippen molar-refractivity contribution in [1.29, 1.82) is 0 Å². The van der Waals surface area contributed by atoms with E-state index in [4.69, 9.17) is 20.2 Å². The smallest absolute Gasteiger partial charge is 0.338 e. The number of hydrogen-bond acceptors (Lipinski definition) is 5. The Morgan fingerprint density at radius 1 is 1.45 bits per heavy atom. The molecule has 0 aromatic heterocycles. The average Bonchev–Trinajstić information content (AvgIpc) is 2.36. The van der Waals surface area contributed by atoms with Gasteiger partial charge in [-0.2, -0.15) is 0 Å². The fourth-order valence-corrected chi connectivity index (χ4v) is 3.18. The zero-order valence-electron chi connectivity index (χ0n) is 11.1. The lowest BCUT2D eigenvalue weighted by molar-refractivity contribution is 0.0334. The first-order valence-electron chi connectivity index (χ1n) is 5.73. The molecule has 0 N–H and O–H groups in total. The van der Waals surface area contributed by atoms with E-state index >= 15 is 0 Å². The predicted molar refractivity (Wildman–Crippen MR) is 78.9 cm³/mol. The van der Waals surface area contributed by atoms with Gasteiger partial charge in [0.05, 0.1) is 23.2 Å². The Balaban J connectivity index is 3.32. The maximum atomic E-state index is 11.9. The first kappa shape index (κ1) is 17.3. The third-order valence-electron chi connectivity index (χ3n) is 2.60. The minimum absolute atomic E-state index is 0.0417. The summed E-state index contributed by atoms with van der Waals surface area (Å²) in [6.07, 6.45) is 0.392. The molecule has 0 heterocycles. The molecule has 1 unspecified atom stereocenters. The Labute approximate surface area is 130 Å². The molecule has 5 nitrogen and oxygen atoms in total. The Morgan fingerprint density at radius 2 is 2.05 bits per heavy atom. The summed E-state index contributed by atoms with van der Waals surface area (Å²) in [4.78, 5) is 11.6. The summed E-state index contributed by atoms with van der Waals surface area (Å²) in [7, 11) is 2.60. The number of esters is 1. The normalized spacial score (nSPS) is 12.8. The maximum absolute atomic E-state index is 11.9. The van der Waals surface area contributed by atoms with Gasteiger partial charge in [-0.25, -0.2) is 13.2 Å². The second kappa shape index (κ2) is 6.78. The molecule has 8 heteroatoms. The van der Waals surface area contributed by atoms with Crippen LogP contribution < -0.4 is 4.74 Å². The number of halogens is 2. The summed E-state index contributed by atoms with van der Waals surface area (Å²) in [5.41, 5.74) is 0.0807. The molecule has 0 fully saturated rings. The van der Waals surface area contributed by atoms with Gasteiger partial charge in [-0.1, -0.05) is 6.92 Å². The molecule has 0 saturated carbocycles. The number of rotatable bonds is 5. The van der Waals surface area contributed by atoms with Crippen LogP contribution in [0.5, 0.6) is 5.75 Å². The van der Waals surface area contributed by atoms with Crippen LogP contribution in [0.25, 0.3) is 0 Å². The number of hydrogen-bond donors (Lipinski definition) is 0. The molecule has 1 aromatic carbocycles. The van der Waals surface area contributed by atoms with Crippen molar-refractivity contribution in [2.24, 2.45) is 0 Å². The standard InChI is InChI=1S/C12H14BrClO5S/c1-4-7(2)19-12(15)8-5-9(13)11(18-3)10(6-8)20(14,16)17/h5-7H,4H2,1-3H3. The molecule has 112 valence electrons. The van der Waals surface area contributed by atoms with Gasteiger partial charge in [0, 0.05) is 10.7 Å². The number of carbonyl (C=O) groups excluding carboxylic acids is 1.